The molecule has 14 heavy (non-hydrogen) atoms. The number of piperidine rings is 1. The molecule has 2 N–H and O–H groups in total. The minimum absolute atomic E-state index is 0.464. The summed E-state index contributed by atoms with van der Waals surface area (Å²) >= 11 is 0. The van der Waals surface area contributed by atoms with Crippen LogP contribution in [0.15, 0.2) is 0 Å². The highest BCUT2D eigenvalue weighted by molar-refractivity contribution is 4.84. The smallest absolute Gasteiger partial charge is 0.0710 e. The predicted octanol–water partition coefficient (Wildman–Crippen LogP) is 0.0452. The first-order valence-corrected chi connectivity index (χ1v) is 5.56. The van der Waals surface area contributed by atoms with Gasteiger partial charge in [-0.1, -0.05) is 0 Å². The fourth-order valence-electron chi connectivity index (χ4n) is 2.53. The second kappa shape index (κ2) is 4.57. The summed E-state index contributed by atoms with van der Waals surface area (Å²) in [6.07, 6.45) is 4.09. The summed E-state index contributed by atoms with van der Waals surface area (Å²) in [5, 5.41) is 1.93. The SMILES string of the molecule is COC1CCN(C2CCN(N)CC2)C1. The minimum atomic E-state index is 0.464. The number of hydrogen-bond donors (Lipinski definition) is 1. The second-order valence-corrected chi connectivity index (χ2v) is 4.41. The Balaban J connectivity index is 1.79. The molecule has 0 aliphatic carbocycles. The maximum Gasteiger partial charge on any atom is 0.0710 e. The van der Waals surface area contributed by atoms with Crippen LogP contribution in [0.2, 0.25) is 0 Å². The van der Waals surface area contributed by atoms with E-state index in [0.29, 0.717) is 6.10 Å². The summed E-state index contributed by atoms with van der Waals surface area (Å²) in [5.41, 5.74) is 0. The second-order valence-electron chi connectivity index (χ2n) is 4.41. The van der Waals surface area contributed by atoms with Crippen molar-refractivity contribution >= 4 is 0 Å². The van der Waals surface area contributed by atoms with Crippen molar-refractivity contribution in [2.75, 3.05) is 33.3 Å². The van der Waals surface area contributed by atoms with Gasteiger partial charge in [0, 0.05) is 39.3 Å². The number of ether oxygens (including phenoxy) is 1. The summed E-state index contributed by atoms with van der Waals surface area (Å²) in [6.45, 7) is 4.40. The van der Waals surface area contributed by atoms with Gasteiger partial charge in [-0.25, -0.2) is 5.01 Å². The number of hydrogen-bond acceptors (Lipinski definition) is 4. The van der Waals surface area contributed by atoms with Crippen LogP contribution in [0.3, 0.4) is 0 Å². The molecular weight excluding hydrogens is 178 g/mol. The largest absolute Gasteiger partial charge is 0.380 e. The van der Waals surface area contributed by atoms with Gasteiger partial charge in [0.15, 0.2) is 0 Å². The molecule has 2 aliphatic heterocycles. The fourth-order valence-corrected chi connectivity index (χ4v) is 2.53. The quantitative estimate of drug-likeness (QED) is 0.638. The van der Waals surface area contributed by atoms with Crippen LogP contribution >= 0.6 is 0 Å². The molecule has 0 spiro atoms. The Morgan fingerprint density at radius 2 is 1.86 bits per heavy atom. The molecule has 82 valence electrons. The molecular formula is C10H21N3O. The van der Waals surface area contributed by atoms with Crippen molar-refractivity contribution in [3.8, 4) is 0 Å². The first-order valence-electron chi connectivity index (χ1n) is 5.56. The van der Waals surface area contributed by atoms with E-state index >= 15 is 0 Å². The molecule has 0 radical (unpaired) electrons. The zero-order valence-corrected chi connectivity index (χ0v) is 8.98. The summed E-state index contributed by atoms with van der Waals surface area (Å²) in [4.78, 5) is 2.57. The van der Waals surface area contributed by atoms with Crippen molar-refractivity contribution in [1.29, 1.82) is 0 Å². The lowest BCUT2D eigenvalue weighted by atomic mass is 10.1. The van der Waals surface area contributed by atoms with E-state index in [-0.39, 0.29) is 0 Å². The van der Waals surface area contributed by atoms with E-state index in [0.717, 1.165) is 25.7 Å². The molecule has 4 nitrogen and oxygen atoms in total. The highest BCUT2D eigenvalue weighted by atomic mass is 16.5. The summed E-state index contributed by atoms with van der Waals surface area (Å²) < 4.78 is 5.38. The van der Waals surface area contributed by atoms with Crippen LogP contribution in [0.5, 0.6) is 0 Å². The van der Waals surface area contributed by atoms with E-state index in [1.54, 1.807) is 0 Å². The number of methoxy groups -OCH3 is 1. The van der Waals surface area contributed by atoms with Crippen molar-refractivity contribution in [3.05, 3.63) is 0 Å². The van der Waals surface area contributed by atoms with E-state index in [9.17, 15) is 0 Å². The van der Waals surface area contributed by atoms with Crippen LogP contribution in [-0.4, -0.2) is 55.3 Å². The molecule has 2 heterocycles. The highest BCUT2D eigenvalue weighted by Gasteiger charge is 2.29. The zero-order valence-electron chi connectivity index (χ0n) is 8.98. The van der Waals surface area contributed by atoms with Gasteiger partial charge < -0.3 is 4.74 Å². The molecule has 2 fully saturated rings. The number of nitrogens with zero attached hydrogens (tertiary/aromatic N) is 2. The number of likely N-dealkylation sites (tertiary alicyclic amines) is 1. The third kappa shape index (κ3) is 2.25. The maximum atomic E-state index is 5.74. The number of rotatable bonds is 2. The standard InChI is InChI=1S/C10H21N3O/c1-14-10-4-5-12(8-10)9-2-6-13(11)7-3-9/h9-10H,2-8,11H2,1H3. The average Bonchev–Trinajstić information content (AvgIpc) is 2.67. The third-order valence-corrected chi connectivity index (χ3v) is 3.53. The molecule has 0 aromatic carbocycles. The van der Waals surface area contributed by atoms with Crippen LogP contribution in [0.25, 0.3) is 0 Å². The maximum absolute atomic E-state index is 5.74. The van der Waals surface area contributed by atoms with Crippen molar-refractivity contribution < 1.29 is 4.74 Å². The van der Waals surface area contributed by atoms with Crippen LogP contribution in [0.1, 0.15) is 19.3 Å². The molecule has 0 amide bonds. The summed E-state index contributed by atoms with van der Waals surface area (Å²) in [5.74, 6) is 5.74. The van der Waals surface area contributed by atoms with Gasteiger partial charge >= 0.3 is 0 Å². The molecule has 1 unspecified atom stereocenters. The Kier molecular flexibility index (Phi) is 3.38. The lowest BCUT2D eigenvalue weighted by Crippen LogP contribution is -2.46. The van der Waals surface area contributed by atoms with E-state index < -0.39 is 0 Å². The van der Waals surface area contributed by atoms with Crippen LogP contribution in [0, 0.1) is 0 Å². The Morgan fingerprint density at radius 3 is 2.43 bits per heavy atom. The Morgan fingerprint density at radius 1 is 1.14 bits per heavy atom. The Labute approximate surface area is 86.0 Å². The third-order valence-electron chi connectivity index (χ3n) is 3.53. The molecule has 2 rings (SSSR count). The number of hydrazine groups is 1. The average molecular weight is 199 g/mol. The molecule has 0 aromatic rings. The zero-order chi connectivity index (χ0) is 9.97. The lowest BCUT2D eigenvalue weighted by Gasteiger charge is -2.34. The monoisotopic (exact) mass is 199 g/mol. The van der Waals surface area contributed by atoms with Gasteiger partial charge in [-0.3, -0.25) is 10.7 Å². The van der Waals surface area contributed by atoms with Gasteiger partial charge in [-0.05, 0) is 19.3 Å². The van der Waals surface area contributed by atoms with Gasteiger partial charge in [0.05, 0.1) is 6.10 Å². The van der Waals surface area contributed by atoms with Crippen molar-refractivity contribution in [2.45, 2.75) is 31.4 Å². The Hall–Kier alpha value is -0.160. The van der Waals surface area contributed by atoms with Crippen molar-refractivity contribution in [3.63, 3.8) is 0 Å². The Bertz CT molecular complexity index is 180. The first-order chi connectivity index (χ1) is 6.79. The van der Waals surface area contributed by atoms with E-state index in [2.05, 4.69) is 4.90 Å². The summed E-state index contributed by atoms with van der Waals surface area (Å²) in [6, 6.07) is 0.745. The predicted molar refractivity (Wildman–Crippen MR) is 55.8 cm³/mol. The van der Waals surface area contributed by atoms with Gasteiger partial charge in [0.25, 0.3) is 0 Å². The van der Waals surface area contributed by atoms with E-state index in [1.807, 2.05) is 12.1 Å². The van der Waals surface area contributed by atoms with Gasteiger partial charge in [-0.2, -0.15) is 0 Å². The first kappa shape index (κ1) is 10.4. The fraction of sp³-hybridized carbons (Fsp3) is 1.00. The molecule has 4 heteroatoms. The lowest BCUT2D eigenvalue weighted by molar-refractivity contribution is 0.0842. The molecule has 2 saturated heterocycles. The van der Waals surface area contributed by atoms with Crippen LogP contribution in [0.4, 0.5) is 0 Å². The van der Waals surface area contributed by atoms with E-state index in [4.69, 9.17) is 10.6 Å². The van der Waals surface area contributed by atoms with Gasteiger partial charge in [-0.15, -0.1) is 0 Å². The van der Waals surface area contributed by atoms with Crippen molar-refractivity contribution in [2.24, 2.45) is 5.84 Å². The summed E-state index contributed by atoms with van der Waals surface area (Å²) in [7, 11) is 1.82. The number of nitrogens with two attached hydrogens (primary N) is 1. The van der Waals surface area contributed by atoms with Gasteiger partial charge in [0.2, 0.25) is 0 Å². The minimum Gasteiger partial charge on any atom is -0.380 e. The van der Waals surface area contributed by atoms with Crippen molar-refractivity contribution in [1.82, 2.24) is 9.91 Å². The van der Waals surface area contributed by atoms with E-state index in [1.165, 1.54) is 25.8 Å². The normalized spacial score (nSPS) is 32.6. The van der Waals surface area contributed by atoms with Crippen LogP contribution < -0.4 is 5.84 Å². The molecule has 2 aliphatic rings. The molecule has 0 aromatic heterocycles. The van der Waals surface area contributed by atoms with Gasteiger partial charge in [0.1, 0.15) is 0 Å². The van der Waals surface area contributed by atoms with Crippen LogP contribution in [-0.2, 0) is 4.74 Å². The molecule has 0 bridgehead atoms. The molecule has 1 atom stereocenters. The topological polar surface area (TPSA) is 41.7 Å². The highest BCUT2D eigenvalue weighted by Crippen LogP contribution is 2.21. The molecule has 0 saturated carbocycles.